The van der Waals surface area contributed by atoms with Crippen LogP contribution in [0.4, 0.5) is 0 Å². The molecule has 102 valence electrons. The summed E-state index contributed by atoms with van der Waals surface area (Å²) in [5, 5.41) is 3.48. The fourth-order valence-corrected chi connectivity index (χ4v) is 3.01. The lowest BCUT2D eigenvalue weighted by Crippen LogP contribution is -2.43. The van der Waals surface area contributed by atoms with Gasteiger partial charge in [-0.2, -0.15) is 0 Å². The van der Waals surface area contributed by atoms with Crippen LogP contribution in [-0.4, -0.2) is 37.6 Å². The third-order valence-corrected chi connectivity index (χ3v) is 4.31. The molecule has 0 aromatic heterocycles. The predicted molar refractivity (Wildman–Crippen MR) is 76.4 cm³/mol. The van der Waals surface area contributed by atoms with Crippen molar-refractivity contribution in [3.8, 4) is 0 Å². The molecule has 1 aliphatic heterocycles. The van der Waals surface area contributed by atoms with Gasteiger partial charge in [-0.05, 0) is 50.7 Å². The minimum absolute atomic E-state index is 0.370. The highest BCUT2D eigenvalue weighted by molar-refractivity contribution is 4.81. The fraction of sp³-hybridized carbons (Fsp3) is 1.00. The van der Waals surface area contributed by atoms with Gasteiger partial charge in [0.05, 0.1) is 0 Å². The lowest BCUT2D eigenvalue weighted by Gasteiger charge is -2.36. The summed E-state index contributed by atoms with van der Waals surface area (Å²) in [5.74, 6) is 0.950. The standard InChI is InChI=1S/C15H32N2/c1-6-13-8-7-10-17(12-13)11-9-14(16-5)15(2,3)4/h13-14,16H,6-12H2,1-5H3. The molecular formula is C15H32N2. The minimum Gasteiger partial charge on any atom is -0.316 e. The average Bonchev–Trinajstić information content (AvgIpc) is 2.28. The lowest BCUT2D eigenvalue weighted by molar-refractivity contribution is 0.151. The van der Waals surface area contributed by atoms with Crippen LogP contribution < -0.4 is 5.32 Å². The first-order valence-corrected chi connectivity index (χ1v) is 7.37. The van der Waals surface area contributed by atoms with Crippen LogP contribution in [0.1, 0.15) is 53.4 Å². The average molecular weight is 240 g/mol. The first-order valence-electron chi connectivity index (χ1n) is 7.37. The molecule has 2 heteroatoms. The first kappa shape index (κ1) is 15.0. The third kappa shape index (κ3) is 4.97. The van der Waals surface area contributed by atoms with E-state index in [4.69, 9.17) is 0 Å². The number of hydrogen-bond acceptors (Lipinski definition) is 2. The van der Waals surface area contributed by atoms with E-state index in [0.717, 1.165) is 5.92 Å². The molecule has 0 saturated carbocycles. The molecule has 0 aromatic carbocycles. The highest BCUT2D eigenvalue weighted by Gasteiger charge is 2.24. The Hall–Kier alpha value is -0.0800. The molecule has 0 amide bonds. The third-order valence-electron chi connectivity index (χ3n) is 4.31. The van der Waals surface area contributed by atoms with Crippen LogP contribution in [0.2, 0.25) is 0 Å². The number of rotatable bonds is 5. The Labute approximate surface area is 108 Å². The van der Waals surface area contributed by atoms with Gasteiger partial charge >= 0.3 is 0 Å². The van der Waals surface area contributed by atoms with Crippen LogP contribution in [0.25, 0.3) is 0 Å². The topological polar surface area (TPSA) is 15.3 Å². The summed E-state index contributed by atoms with van der Waals surface area (Å²) < 4.78 is 0. The molecule has 17 heavy (non-hydrogen) atoms. The molecule has 0 aliphatic carbocycles. The van der Waals surface area contributed by atoms with E-state index in [9.17, 15) is 0 Å². The van der Waals surface area contributed by atoms with E-state index in [0.29, 0.717) is 11.5 Å². The van der Waals surface area contributed by atoms with Crippen LogP contribution in [0.5, 0.6) is 0 Å². The summed E-state index contributed by atoms with van der Waals surface area (Å²) in [6.07, 6.45) is 5.47. The van der Waals surface area contributed by atoms with Gasteiger partial charge < -0.3 is 10.2 Å². The van der Waals surface area contributed by atoms with Gasteiger partial charge in [-0.3, -0.25) is 0 Å². The van der Waals surface area contributed by atoms with Crippen molar-refractivity contribution in [2.45, 2.75) is 59.4 Å². The highest BCUT2D eigenvalue weighted by Crippen LogP contribution is 2.23. The number of hydrogen-bond donors (Lipinski definition) is 1. The van der Waals surface area contributed by atoms with Gasteiger partial charge in [0.1, 0.15) is 0 Å². The Morgan fingerprint density at radius 2 is 2.06 bits per heavy atom. The van der Waals surface area contributed by atoms with E-state index >= 15 is 0 Å². The van der Waals surface area contributed by atoms with Crippen LogP contribution in [0.3, 0.4) is 0 Å². The second kappa shape index (κ2) is 6.75. The molecule has 2 atom stereocenters. The van der Waals surface area contributed by atoms with Crippen LogP contribution in [-0.2, 0) is 0 Å². The molecule has 2 nitrogen and oxygen atoms in total. The Morgan fingerprint density at radius 3 is 2.59 bits per heavy atom. The largest absolute Gasteiger partial charge is 0.316 e. The molecule has 1 N–H and O–H groups in total. The molecule has 0 bridgehead atoms. The number of nitrogens with one attached hydrogen (secondary N) is 1. The lowest BCUT2D eigenvalue weighted by atomic mass is 9.84. The molecular weight excluding hydrogens is 208 g/mol. The van der Waals surface area contributed by atoms with E-state index < -0.39 is 0 Å². The van der Waals surface area contributed by atoms with Crippen LogP contribution in [0.15, 0.2) is 0 Å². The van der Waals surface area contributed by atoms with Gasteiger partial charge in [0.25, 0.3) is 0 Å². The zero-order valence-electron chi connectivity index (χ0n) is 12.6. The van der Waals surface area contributed by atoms with Crippen molar-refractivity contribution in [1.82, 2.24) is 10.2 Å². The van der Waals surface area contributed by atoms with Gasteiger partial charge in [0, 0.05) is 12.6 Å². The fourth-order valence-electron chi connectivity index (χ4n) is 3.01. The summed E-state index contributed by atoms with van der Waals surface area (Å²) in [4.78, 5) is 2.67. The van der Waals surface area contributed by atoms with Gasteiger partial charge in [0.2, 0.25) is 0 Å². The van der Waals surface area contributed by atoms with Crippen molar-refractivity contribution in [3.63, 3.8) is 0 Å². The highest BCUT2D eigenvalue weighted by atomic mass is 15.1. The Bertz CT molecular complexity index is 207. The Balaban J connectivity index is 2.34. The van der Waals surface area contributed by atoms with Crippen LogP contribution >= 0.6 is 0 Å². The predicted octanol–water partition coefficient (Wildman–Crippen LogP) is 3.13. The maximum Gasteiger partial charge on any atom is 0.0125 e. The summed E-state index contributed by atoms with van der Waals surface area (Å²) in [5.41, 5.74) is 0.370. The van der Waals surface area contributed by atoms with Crippen molar-refractivity contribution >= 4 is 0 Å². The molecule has 1 aliphatic rings. The molecule has 1 saturated heterocycles. The molecule has 2 unspecified atom stereocenters. The first-order chi connectivity index (χ1) is 7.97. The van der Waals surface area contributed by atoms with E-state index in [1.807, 2.05) is 0 Å². The van der Waals surface area contributed by atoms with Crippen molar-refractivity contribution in [2.24, 2.45) is 11.3 Å². The van der Waals surface area contributed by atoms with Crippen molar-refractivity contribution < 1.29 is 0 Å². The van der Waals surface area contributed by atoms with Crippen LogP contribution in [0, 0.1) is 11.3 Å². The number of piperidine rings is 1. The second-order valence-corrected chi connectivity index (χ2v) is 6.71. The molecule has 0 radical (unpaired) electrons. The normalized spacial score (nSPS) is 24.9. The quantitative estimate of drug-likeness (QED) is 0.794. The van der Waals surface area contributed by atoms with Gasteiger partial charge in [-0.25, -0.2) is 0 Å². The SMILES string of the molecule is CCC1CCCN(CCC(NC)C(C)(C)C)C1. The van der Waals surface area contributed by atoms with Crippen molar-refractivity contribution in [3.05, 3.63) is 0 Å². The Morgan fingerprint density at radius 1 is 1.35 bits per heavy atom. The maximum absolute atomic E-state index is 3.48. The number of likely N-dealkylation sites (tertiary alicyclic amines) is 1. The van der Waals surface area contributed by atoms with E-state index in [-0.39, 0.29) is 0 Å². The summed E-state index contributed by atoms with van der Waals surface area (Å²) >= 11 is 0. The maximum atomic E-state index is 3.48. The molecule has 1 rings (SSSR count). The van der Waals surface area contributed by atoms with E-state index in [2.05, 4.69) is 45.0 Å². The molecule has 0 spiro atoms. The van der Waals surface area contributed by atoms with Gasteiger partial charge in [-0.15, -0.1) is 0 Å². The molecule has 1 fully saturated rings. The summed E-state index contributed by atoms with van der Waals surface area (Å²) in [6, 6.07) is 0.629. The summed E-state index contributed by atoms with van der Waals surface area (Å²) in [7, 11) is 2.10. The zero-order valence-corrected chi connectivity index (χ0v) is 12.6. The molecule has 0 aromatic rings. The van der Waals surface area contributed by atoms with E-state index in [1.165, 1.54) is 45.3 Å². The van der Waals surface area contributed by atoms with Gasteiger partial charge in [0.15, 0.2) is 0 Å². The minimum atomic E-state index is 0.370. The Kier molecular flexibility index (Phi) is 5.94. The molecule has 1 heterocycles. The van der Waals surface area contributed by atoms with Crippen molar-refractivity contribution in [2.75, 3.05) is 26.7 Å². The second-order valence-electron chi connectivity index (χ2n) is 6.71. The summed E-state index contributed by atoms with van der Waals surface area (Å²) in [6.45, 7) is 13.2. The van der Waals surface area contributed by atoms with Crippen molar-refractivity contribution in [1.29, 1.82) is 0 Å². The zero-order chi connectivity index (χ0) is 12.9. The van der Waals surface area contributed by atoms with Gasteiger partial charge in [-0.1, -0.05) is 34.1 Å². The monoisotopic (exact) mass is 240 g/mol. The van der Waals surface area contributed by atoms with E-state index in [1.54, 1.807) is 0 Å². The number of nitrogens with zero attached hydrogens (tertiary/aromatic N) is 1. The smallest absolute Gasteiger partial charge is 0.0125 e.